The van der Waals surface area contributed by atoms with Gasteiger partial charge in [0.25, 0.3) is 0 Å². The van der Waals surface area contributed by atoms with Gasteiger partial charge in [-0.15, -0.1) is 0 Å². The molecule has 4 nitrogen and oxygen atoms in total. The van der Waals surface area contributed by atoms with Crippen molar-refractivity contribution < 1.29 is 4.74 Å². The first-order valence-corrected chi connectivity index (χ1v) is 7.50. The van der Waals surface area contributed by atoms with Crippen molar-refractivity contribution >= 4 is 0 Å². The number of methoxy groups -OCH3 is 1. The fourth-order valence-electron chi connectivity index (χ4n) is 3.71. The van der Waals surface area contributed by atoms with Gasteiger partial charge in [-0.2, -0.15) is 5.26 Å². The highest BCUT2D eigenvalue weighted by molar-refractivity contribution is 5.14. The Labute approximate surface area is 117 Å². The summed E-state index contributed by atoms with van der Waals surface area (Å²) in [5.74, 6) is 0.681. The van der Waals surface area contributed by atoms with Gasteiger partial charge in [-0.1, -0.05) is 0 Å². The SMILES string of the molecule is COCC1CCN(C2CCC(C#N)(NC(C)C)C2)C1. The molecule has 0 aromatic rings. The van der Waals surface area contributed by atoms with Crippen LogP contribution in [0.3, 0.4) is 0 Å². The second-order valence-corrected chi connectivity index (χ2v) is 6.49. The molecule has 1 saturated heterocycles. The van der Waals surface area contributed by atoms with Crippen molar-refractivity contribution in [2.75, 3.05) is 26.8 Å². The first-order valence-electron chi connectivity index (χ1n) is 7.50. The average Bonchev–Trinajstić information content (AvgIpc) is 2.96. The third-order valence-corrected chi connectivity index (χ3v) is 4.50. The van der Waals surface area contributed by atoms with Crippen LogP contribution < -0.4 is 5.32 Å². The summed E-state index contributed by atoms with van der Waals surface area (Å²) in [7, 11) is 1.78. The lowest BCUT2D eigenvalue weighted by Gasteiger charge is -2.28. The number of ether oxygens (including phenoxy) is 1. The van der Waals surface area contributed by atoms with Crippen molar-refractivity contribution in [1.82, 2.24) is 10.2 Å². The largest absolute Gasteiger partial charge is 0.384 e. The summed E-state index contributed by atoms with van der Waals surface area (Å²) in [5.41, 5.74) is -0.293. The lowest BCUT2D eigenvalue weighted by molar-refractivity contribution is 0.146. The van der Waals surface area contributed by atoms with E-state index in [9.17, 15) is 5.26 Å². The second-order valence-electron chi connectivity index (χ2n) is 6.49. The Kier molecular flexibility index (Phi) is 4.83. The van der Waals surface area contributed by atoms with E-state index in [4.69, 9.17) is 4.74 Å². The highest BCUT2D eigenvalue weighted by atomic mass is 16.5. The molecule has 0 aromatic carbocycles. The Morgan fingerprint density at radius 3 is 2.89 bits per heavy atom. The molecule has 2 aliphatic rings. The van der Waals surface area contributed by atoms with Crippen LogP contribution >= 0.6 is 0 Å². The highest BCUT2D eigenvalue weighted by Crippen LogP contribution is 2.35. The predicted octanol–water partition coefficient (Wildman–Crippen LogP) is 1.77. The summed E-state index contributed by atoms with van der Waals surface area (Å²) < 4.78 is 5.26. The number of nitriles is 1. The van der Waals surface area contributed by atoms with Gasteiger partial charge in [-0.25, -0.2) is 0 Å². The Hall–Kier alpha value is -0.630. The predicted molar refractivity (Wildman–Crippen MR) is 75.8 cm³/mol. The molecule has 4 heteroatoms. The Morgan fingerprint density at radius 2 is 2.26 bits per heavy atom. The molecular weight excluding hydrogens is 238 g/mol. The van der Waals surface area contributed by atoms with Crippen LogP contribution in [0, 0.1) is 17.2 Å². The monoisotopic (exact) mass is 265 g/mol. The van der Waals surface area contributed by atoms with Crippen molar-refractivity contribution in [2.24, 2.45) is 5.92 Å². The fraction of sp³-hybridized carbons (Fsp3) is 0.933. The Morgan fingerprint density at radius 1 is 1.47 bits per heavy atom. The maximum absolute atomic E-state index is 9.51. The van der Waals surface area contributed by atoms with E-state index in [1.807, 2.05) is 0 Å². The van der Waals surface area contributed by atoms with E-state index in [2.05, 4.69) is 30.1 Å². The van der Waals surface area contributed by atoms with Crippen LogP contribution in [-0.4, -0.2) is 49.3 Å². The van der Waals surface area contributed by atoms with Gasteiger partial charge < -0.3 is 4.74 Å². The van der Waals surface area contributed by atoms with Gasteiger partial charge in [0.05, 0.1) is 12.7 Å². The molecule has 108 valence electrons. The maximum atomic E-state index is 9.51. The molecular formula is C15H27N3O. The van der Waals surface area contributed by atoms with Crippen molar-refractivity contribution in [3.8, 4) is 6.07 Å². The van der Waals surface area contributed by atoms with E-state index >= 15 is 0 Å². The fourth-order valence-corrected chi connectivity index (χ4v) is 3.71. The minimum Gasteiger partial charge on any atom is -0.384 e. The number of hydrogen-bond acceptors (Lipinski definition) is 4. The van der Waals surface area contributed by atoms with Gasteiger partial charge >= 0.3 is 0 Å². The molecule has 2 fully saturated rings. The van der Waals surface area contributed by atoms with Crippen LogP contribution in [0.15, 0.2) is 0 Å². The van der Waals surface area contributed by atoms with Crippen molar-refractivity contribution in [2.45, 2.75) is 57.2 Å². The first-order chi connectivity index (χ1) is 9.08. The van der Waals surface area contributed by atoms with Crippen molar-refractivity contribution in [3.63, 3.8) is 0 Å². The van der Waals surface area contributed by atoms with Crippen LogP contribution in [0.5, 0.6) is 0 Å². The molecule has 1 saturated carbocycles. The molecule has 0 spiro atoms. The van der Waals surface area contributed by atoms with Crippen molar-refractivity contribution in [1.29, 1.82) is 5.26 Å². The molecule has 19 heavy (non-hydrogen) atoms. The molecule has 0 aromatic heterocycles. The first kappa shape index (κ1) is 14.8. The molecule has 0 bridgehead atoms. The molecule has 3 unspecified atom stereocenters. The van der Waals surface area contributed by atoms with Gasteiger partial charge in [0.2, 0.25) is 0 Å². The van der Waals surface area contributed by atoms with Crippen LogP contribution in [0.2, 0.25) is 0 Å². The van der Waals surface area contributed by atoms with E-state index in [0.29, 0.717) is 18.0 Å². The molecule has 0 radical (unpaired) electrons. The van der Waals surface area contributed by atoms with Crippen molar-refractivity contribution in [3.05, 3.63) is 0 Å². The van der Waals surface area contributed by atoms with Gasteiger partial charge in [0.1, 0.15) is 5.54 Å². The summed E-state index contributed by atoms with van der Waals surface area (Å²) >= 11 is 0. The average molecular weight is 265 g/mol. The number of rotatable bonds is 5. The number of nitrogens with one attached hydrogen (secondary N) is 1. The lowest BCUT2D eigenvalue weighted by Crippen LogP contribution is -2.47. The standard InChI is InChI=1S/C15H27N3O/c1-12(2)17-15(11-16)6-4-14(8-15)18-7-5-13(9-18)10-19-3/h12-14,17H,4-10H2,1-3H3. The maximum Gasteiger partial charge on any atom is 0.108 e. The third kappa shape index (κ3) is 3.47. The quantitative estimate of drug-likeness (QED) is 0.823. The second kappa shape index (κ2) is 6.21. The molecule has 0 amide bonds. The van der Waals surface area contributed by atoms with Gasteiger partial charge in [-0.05, 0) is 52.0 Å². The molecule has 1 heterocycles. The third-order valence-electron chi connectivity index (χ3n) is 4.50. The van der Waals surface area contributed by atoms with Gasteiger partial charge in [0, 0.05) is 25.7 Å². The van der Waals surface area contributed by atoms with E-state index < -0.39 is 0 Å². The molecule has 2 rings (SSSR count). The molecule has 3 atom stereocenters. The van der Waals surface area contributed by atoms with Gasteiger partial charge in [0.15, 0.2) is 0 Å². The van der Waals surface area contributed by atoms with Crippen LogP contribution in [0.4, 0.5) is 0 Å². The Balaban J connectivity index is 1.90. The topological polar surface area (TPSA) is 48.3 Å². The zero-order valence-corrected chi connectivity index (χ0v) is 12.5. The lowest BCUT2D eigenvalue weighted by atomic mass is 9.98. The van der Waals surface area contributed by atoms with Crippen LogP contribution in [0.1, 0.15) is 39.5 Å². The minimum absolute atomic E-state index is 0.293. The smallest absolute Gasteiger partial charge is 0.108 e. The van der Waals surface area contributed by atoms with Crippen LogP contribution in [-0.2, 0) is 4.74 Å². The zero-order valence-electron chi connectivity index (χ0n) is 12.5. The van der Waals surface area contributed by atoms with E-state index in [0.717, 1.165) is 32.4 Å². The Bertz CT molecular complexity index is 339. The normalized spacial score (nSPS) is 35.9. The number of nitrogens with zero attached hydrogens (tertiary/aromatic N) is 2. The molecule has 1 aliphatic carbocycles. The zero-order chi connectivity index (χ0) is 13.9. The van der Waals surface area contributed by atoms with E-state index in [1.165, 1.54) is 13.0 Å². The molecule has 1 aliphatic heterocycles. The van der Waals surface area contributed by atoms with Crippen LogP contribution in [0.25, 0.3) is 0 Å². The summed E-state index contributed by atoms with van der Waals surface area (Å²) in [5, 5.41) is 13.0. The minimum atomic E-state index is -0.293. The summed E-state index contributed by atoms with van der Waals surface area (Å²) in [6.07, 6.45) is 4.34. The highest BCUT2D eigenvalue weighted by Gasteiger charge is 2.43. The van der Waals surface area contributed by atoms with E-state index in [-0.39, 0.29) is 5.54 Å². The summed E-state index contributed by atoms with van der Waals surface area (Å²) in [4.78, 5) is 2.57. The molecule has 1 N–H and O–H groups in total. The van der Waals surface area contributed by atoms with E-state index in [1.54, 1.807) is 7.11 Å². The summed E-state index contributed by atoms with van der Waals surface area (Å²) in [6.45, 7) is 7.42. The summed E-state index contributed by atoms with van der Waals surface area (Å²) in [6, 6.07) is 3.49. The van der Waals surface area contributed by atoms with Gasteiger partial charge in [-0.3, -0.25) is 10.2 Å². The number of hydrogen-bond donors (Lipinski definition) is 1. The number of likely N-dealkylation sites (tertiary alicyclic amines) is 1.